The van der Waals surface area contributed by atoms with Crippen molar-refractivity contribution in [3.63, 3.8) is 0 Å². The standard InChI is InChI=1S/3C4H9.C2H2.2Sn.3H/c3*1-3-4-2;1-2;;;;;/h3*1,3-4H2,2H3;1-2H;;;;;. The van der Waals surface area contributed by atoms with Gasteiger partial charge in [0, 0.05) is 0 Å². The number of hydrogen-bond donors (Lipinski definition) is 0. The van der Waals surface area contributed by atoms with Crippen LogP contribution in [0.25, 0.3) is 0 Å². The van der Waals surface area contributed by atoms with Crippen molar-refractivity contribution in [2.24, 2.45) is 0 Å². The Balaban J connectivity index is 0. The van der Waals surface area contributed by atoms with Crippen LogP contribution in [0.5, 0.6) is 0 Å². The molecule has 16 heavy (non-hydrogen) atoms. The van der Waals surface area contributed by atoms with E-state index in [-0.39, 0.29) is 0 Å². The molecule has 0 nitrogen and oxygen atoms in total. The molecule has 0 aromatic heterocycles. The molecular formula is C14H32Sn2. The van der Waals surface area contributed by atoms with Crippen molar-refractivity contribution in [3.05, 3.63) is 0 Å². The van der Waals surface area contributed by atoms with Crippen LogP contribution in [-0.2, 0) is 0 Å². The molecule has 0 saturated heterocycles. The summed E-state index contributed by atoms with van der Waals surface area (Å²) >= 11 is -0.294. The number of unbranched alkanes of at least 4 members (excludes halogenated alkanes) is 3. The second kappa shape index (κ2) is 14.2. The van der Waals surface area contributed by atoms with E-state index in [0.29, 0.717) is 0 Å². The molecule has 0 spiro atoms. The molecule has 0 aromatic rings. The van der Waals surface area contributed by atoms with Gasteiger partial charge in [0.05, 0.1) is 0 Å². The SMILES string of the molecule is C#C.CCC[CH2][Sn]([SnH3])([CH2]CCC)[CH2]CCC. The van der Waals surface area contributed by atoms with Gasteiger partial charge in [0.25, 0.3) is 0 Å². The van der Waals surface area contributed by atoms with Crippen LogP contribution >= 0.6 is 0 Å². The van der Waals surface area contributed by atoms with Crippen molar-refractivity contribution < 1.29 is 0 Å². The summed E-state index contributed by atoms with van der Waals surface area (Å²) in [5.74, 6) is 0. The third kappa shape index (κ3) is 11.6. The van der Waals surface area contributed by atoms with Crippen LogP contribution in [0.3, 0.4) is 0 Å². The first-order valence-electron chi connectivity index (χ1n) is 7.02. The van der Waals surface area contributed by atoms with E-state index in [1.165, 1.54) is 19.3 Å². The molecule has 0 fully saturated rings. The minimum absolute atomic E-state index is 1.06. The van der Waals surface area contributed by atoms with Crippen LogP contribution in [0.1, 0.15) is 59.3 Å². The Kier molecular flexibility index (Phi) is 17.3. The van der Waals surface area contributed by atoms with Crippen molar-refractivity contribution in [3.8, 4) is 12.8 Å². The van der Waals surface area contributed by atoms with Gasteiger partial charge in [-0.1, -0.05) is 0 Å². The van der Waals surface area contributed by atoms with Crippen molar-refractivity contribution in [1.29, 1.82) is 0 Å². The first-order chi connectivity index (χ1) is 7.68. The predicted molar refractivity (Wildman–Crippen MR) is 84.7 cm³/mol. The van der Waals surface area contributed by atoms with E-state index in [4.69, 9.17) is 0 Å². The van der Waals surface area contributed by atoms with Crippen molar-refractivity contribution >= 4 is 33.0 Å². The van der Waals surface area contributed by atoms with E-state index < -0.39 is 14.4 Å². The summed E-state index contributed by atoms with van der Waals surface area (Å²) in [6, 6.07) is 0. The molecule has 2 heteroatoms. The van der Waals surface area contributed by atoms with E-state index in [0.717, 1.165) is 18.6 Å². The van der Waals surface area contributed by atoms with E-state index in [1.807, 2.05) is 0 Å². The third-order valence-electron chi connectivity index (χ3n) is 3.40. The second-order valence-electron chi connectivity index (χ2n) is 5.12. The van der Waals surface area contributed by atoms with E-state index in [1.54, 1.807) is 32.6 Å². The van der Waals surface area contributed by atoms with Crippen LogP contribution < -0.4 is 0 Å². The van der Waals surface area contributed by atoms with Gasteiger partial charge >= 0.3 is 106 Å². The van der Waals surface area contributed by atoms with Crippen molar-refractivity contribution in [2.45, 2.75) is 72.6 Å². The van der Waals surface area contributed by atoms with E-state index >= 15 is 0 Å². The molecule has 0 amide bonds. The first-order valence-corrected chi connectivity index (χ1v) is 35.1. The quantitative estimate of drug-likeness (QED) is 0.378. The molecular weight excluding hydrogens is 406 g/mol. The molecule has 0 unspecified atom stereocenters. The minimum atomic E-state index is -1.35. The van der Waals surface area contributed by atoms with Gasteiger partial charge in [-0.2, -0.15) is 0 Å². The molecule has 0 saturated carbocycles. The molecule has 0 rings (SSSR count). The van der Waals surface area contributed by atoms with E-state index in [2.05, 4.69) is 33.6 Å². The average Bonchev–Trinajstić information content (AvgIpc) is 2.34. The molecule has 0 bridgehead atoms. The van der Waals surface area contributed by atoms with Crippen LogP contribution in [0.4, 0.5) is 0 Å². The zero-order valence-corrected chi connectivity index (χ0v) is 20.6. The Morgan fingerprint density at radius 2 is 1.00 bits per heavy atom. The maximum absolute atomic E-state index is 4.00. The second-order valence-corrected chi connectivity index (χ2v) is 60.4. The number of terminal acetylenes is 1. The summed E-state index contributed by atoms with van der Waals surface area (Å²) in [5, 5.41) is 0. The fourth-order valence-electron chi connectivity index (χ4n) is 2.19. The number of hydrogen-bond acceptors (Lipinski definition) is 0. The van der Waals surface area contributed by atoms with Crippen molar-refractivity contribution in [2.75, 3.05) is 0 Å². The van der Waals surface area contributed by atoms with Gasteiger partial charge in [0.2, 0.25) is 0 Å². The molecule has 0 N–H and O–H groups in total. The molecule has 0 atom stereocenters. The van der Waals surface area contributed by atoms with Gasteiger partial charge in [-0.3, -0.25) is 0 Å². The topological polar surface area (TPSA) is 0 Å². The van der Waals surface area contributed by atoms with E-state index in [9.17, 15) is 0 Å². The Hall–Kier alpha value is 1.16. The fourth-order valence-corrected chi connectivity index (χ4v) is 35.0. The molecule has 96 valence electrons. The summed E-state index contributed by atoms with van der Waals surface area (Å²) in [5.41, 5.74) is 0. The first kappa shape index (κ1) is 19.5. The van der Waals surface area contributed by atoms with Gasteiger partial charge in [-0.25, -0.2) is 0 Å². The maximum atomic E-state index is 4.00. The Morgan fingerprint density at radius 1 is 0.750 bits per heavy atom. The van der Waals surface area contributed by atoms with Gasteiger partial charge in [0.1, 0.15) is 0 Å². The molecule has 0 aliphatic heterocycles. The average molecular weight is 438 g/mol. The number of rotatable bonds is 9. The Labute approximate surface area is 117 Å². The molecule has 0 aliphatic rings. The molecule has 0 aliphatic carbocycles. The van der Waals surface area contributed by atoms with Gasteiger partial charge < -0.3 is 0 Å². The monoisotopic (exact) mass is 440 g/mol. The van der Waals surface area contributed by atoms with Crippen LogP contribution in [-0.4, -0.2) is 33.0 Å². The molecule has 0 heterocycles. The van der Waals surface area contributed by atoms with Crippen LogP contribution in [0, 0.1) is 12.8 Å². The van der Waals surface area contributed by atoms with Gasteiger partial charge in [-0.05, 0) is 0 Å². The summed E-state index contributed by atoms with van der Waals surface area (Å²) < 4.78 is 5.25. The summed E-state index contributed by atoms with van der Waals surface area (Å²) in [6.45, 7) is 7.09. The van der Waals surface area contributed by atoms with Crippen LogP contribution in [0.2, 0.25) is 13.3 Å². The van der Waals surface area contributed by atoms with Crippen molar-refractivity contribution in [1.82, 2.24) is 0 Å². The molecule has 0 aromatic carbocycles. The third-order valence-corrected chi connectivity index (χ3v) is 45.5. The summed E-state index contributed by atoms with van der Waals surface area (Å²) in [7, 11) is 0. The zero-order chi connectivity index (χ0) is 12.9. The van der Waals surface area contributed by atoms with Crippen LogP contribution in [0.15, 0.2) is 0 Å². The zero-order valence-electron chi connectivity index (χ0n) is 12.0. The van der Waals surface area contributed by atoms with Gasteiger partial charge in [-0.15, -0.1) is 12.8 Å². The summed E-state index contributed by atoms with van der Waals surface area (Å²) in [6.07, 6.45) is 17.0. The predicted octanol–water partition coefficient (Wildman–Crippen LogP) is 3.95. The normalized spacial score (nSPS) is 10.8. The fraction of sp³-hybridized carbons (Fsp3) is 0.857. The Bertz CT molecular complexity index is 130. The Morgan fingerprint density at radius 3 is 1.19 bits per heavy atom. The van der Waals surface area contributed by atoms with Gasteiger partial charge in [0.15, 0.2) is 0 Å². The summed E-state index contributed by atoms with van der Waals surface area (Å²) in [4.78, 5) is 0. The molecule has 0 radical (unpaired) electrons.